The van der Waals surface area contributed by atoms with Crippen molar-refractivity contribution in [3.05, 3.63) is 27.9 Å². The Morgan fingerprint density at radius 3 is 2.75 bits per heavy atom. The number of amides is 1. The van der Waals surface area contributed by atoms with Gasteiger partial charge in [0.05, 0.1) is 33.7 Å². The zero-order chi connectivity index (χ0) is 14.3. The van der Waals surface area contributed by atoms with Gasteiger partial charge < -0.3 is 11.1 Å². The molecule has 0 fully saturated rings. The number of benzene rings is 1. The third-order valence-corrected chi connectivity index (χ3v) is 3.71. The van der Waals surface area contributed by atoms with Crippen molar-refractivity contribution in [2.24, 2.45) is 0 Å². The molecule has 0 atom stereocenters. The molecule has 2 aromatic heterocycles. The van der Waals surface area contributed by atoms with E-state index in [1.807, 2.05) is 0 Å². The number of carbonyl (C=O) groups excluding carboxylic acids is 1. The molecule has 102 valence electrons. The zero-order valence-electron chi connectivity index (χ0n) is 9.65. The van der Waals surface area contributed by atoms with E-state index in [1.165, 1.54) is 12.3 Å². The van der Waals surface area contributed by atoms with Crippen LogP contribution < -0.4 is 11.1 Å². The van der Waals surface area contributed by atoms with Crippen LogP contribution in [-0.4, -0.2) is 24.9 Å². The van der Waals surface area contributed by atoms with Gasteiger partial charge in [0.1, 0.15) is 22.4 Å². The number of anilines is 2. The quantitative estimate of drug-likeness (QED) is 0.669. The number of H-pyrrole nitrogens is 1. The van der Waals surface area contributed by atoms with Gasteiger partial charge in [-0.1, -0.05) is 23.2 Å². The number of hydrogen-bond donors (Lipinski definition) is 3. The van der Waals surface area contributed by atoms with Gasteiger partial charge in [0.15, 0.2) is 0 Å². The number of nitrogens with one attached hydrogen (secondary N) is 2. The van der Waals surface area contributed by atoms with Gasteiger partial charge in [-0.25, -0.2) is 0 Å². The van der Waals surface area contributed by atoms with Crippen LogP contribution in [0.4, 0.5) is 11.5 Å². The highest BCUT2D eigenvalue weighted by atomic mass is 35.5. The standard InChI is InChI=1S/C10H6Cl2N6OS/c11-4-1-5(12)7-8(18-20-17-7)6(4)15-10(19)3-2-14-16-9(3)13/h1-2H,(H,15,19)(H3,13,14,16). The van der Waals surface area contributed by atoms with Gasteiger partial charge in [-0.05, 0) is 6.07 Å². The van der Waals surface area contributed by atoms with Crippen LogP contribution in [0.1, 0.15) is 10.4 Å². The summed E-state index contributed by atoms with van der Waals surface area (Å²) in [6.07, 6.45) is 1.32. The van der Waals surface area contributed by atoms with Crippen molar-refractivity contribution in [2.75, 3.05) is 11.1 Å². The smallest absolute Gasteiger partial charge is 0.261 e. The number of rotatable bonds is 2. The second kappa shape index (κ2) is 4.89. The number of nitrogen functional groups attached to an aromatic ring is 1. The molecule has 1 amide bonds. The van der Waals surface area contributed by atoms with Gasteiger partial charge in [-0.15, -0.1) is 0 Å². The molecule has 3 aromatic rings. The summed E-state index contributed by atoms with van der Waals surface area (Å²) in [5, 5.41) is 9.45. The van der Waals surface area contributed by atoms with Crippen LogP contribution in [0.25, 0.3) is 11.0 Å². The molecule has 0 unspecified atom stereocenters. The molecule has 10 heteroatoms. The molecule has 0 spiro atoms. The summed E-state index contributed by atoms with van der Waals surface area (Å²) < 4.78 is 8.14. The topological polar surface area (TPSA) is 110 Å². The molecule has 20 heavy (non-hydrogen) atoms. The Kier molecular flexibility index (Phi) is 3.20. The van der Waals surface area contributed by atoms with Crippen molar-refractivity contribution in [2.45, 2.75) is 0 Å². The first-order valence-electron chi connectivity index (χ1n) is 5.28. The fourth-order valence-electron chi connectivity index (χ4n) is 1.65. The minimum Gasteiger partial charge on any atom is -0.383 e. The maximum absolute atomic E-state index is 12.1. The number of nitrogens with zero attached hydrogens (tertiary/aromatic N) is 3. The average molecular weight is 329 g/mol. The molecule has 0 saturated carbocycles. The third-order valence-electron chi connectivity index (χ3n) is 2.60. The molecule has 1 aromatic carbocycles. The highest BCUT2D eigenvalue weighted by Gasteiger charge is 2.18. The van der Waals surface area contributed by atoms with Crippen LogP contribution in [-0.2, 0) is 0 Å². The SMILES string of the molecule is Nc1[nH]ncc1C(=O)Nc1c(Cl)cc(Cl)c2nsnc12. The molecular weight excluding hydrogens is 323 g/mol. The predicted molar refractivity (Wildman–Crippen MR) is 78.4 cm³/mol. The number of halogens is 2. The maximum atomic E-state index is 12.1. The van der Waals surface area contributed by atoms with Crippen LogP contribution in [0.3, 0.4) is 0 Å². The molecule has 0 aliphatic rings. The number of hydrogen-bond acceptors (Lipinski definition) is 6. The summed E-state index contributed by atoms with van der Waals surface area (Å²) in [4.78, 5) is 12.1. The predicted octanol–water partition coefficient (Wildman–Crippen LogP) is 2.56. The number of aromatic amines is 1. The molecule has 0 aliphatic heterocycles. The van der Waals surface area contributed by atoms with Crippen molar-refractivity contribution in [3.8, 4) is 0 Å². The Bertz CT molecular complexity index is 813. The van der Waals surface area contributed by atoms with E-state index < -0.39 is 5.91 Å². The van der Waals surface area contributed by atoms with E-state index in [1.54, 1.807) is 0 Å². The molecule has 0 aliphatic carbocycles. The first kappa shape index (κ1) is 13.1. The average Bonchev–Trinajstić information content (AvgIpc) is 3.02. The highest BCUT2D eigenvalue weighted by Crippen LogP contribution is 2.35. The van der Waals surface area contributed by atoms with Crippen molar-refractivity contribution in [3.63, 3.8) is 0 Å². The van der Waals surface area contributed by atoms with Gasteiger partial charge in [0, 0.05) is 0 Å². The maximum Gasteiger partial charge on any atom is 0.261 e. The van der Waals surface area contributed by atoms with Crippen LogP contribution in [0.5, 0.6) is 0 Å². The third kappa shape index (κ3) is 2.07. The second-order valence-corrected chi connectivity index (χ2v) is 5.17. The summed E-state index contributed by atoms with van der Waals surface area (Å²) >= 11 is 13.1. The van der Waals surface area contributed by atoms with E-state index in [-0.39, 0.29) is 16.4 Å². The Hall–Kier alpha value is -1.90. The molecule has 4 N–H and O–H groups in total. The van der Waals surface area contributed by atoms with Crippen LogP contribution in [0, 0.1) is 0 Å². The van der Waals surface area contributed by atoms with Gasteiger partial charge in [0.25, 0.3) is 5.91 Å². The molecule has 0 saturated heterocycles. The van der Waals surface area contributed by atoms with Crippen molar-refractivity contribution in [1.82, 2.24) is 18.9 Å². The largest absolute Gasteiger partial charge is 0.383 e. The van der Waals surface area contributed by atoms with Gasteiger partial charge in [0.2, 0.25) is 0 Å². The van der Waals surface area contributed by atoms with E-state index in [0.717, 1.165) is 11.7 Å². The molecule has 0 bridgehead atoms. The Morgan fingerprint density at radius 2 is 2.05 bits per heavy atom. The zero-order valence-corrected chi connectivity index (χ0v) is 12.0. The van der Waals surface area contributed by atoms with E-state index in [0.29, 0.717) is 21.7 Å². The number of carbonyl (C=O) groups is 1. The summed E-state index contributed by atoms with van der Waals surface area (Å²) in [7, 11) is 0. The molecular formula is C10H6Cl2N6OS. The molecule has 0 radical (unpaired) electrons. The van der Waals surface area contributed by atoms with Crippen molar-refractivity contribution >= 4 is 63.4 Å². The molecule has 7 nitrogen and oxygen atoms in total. The number of fused-ring (bicyclic) bond motifs is 1. The van der Waals surface area contributed by atoms with Gasteiger partial charge in [-0.3, -0.25) is 9.89 Å². The van der Waals surface area contributed by atoms with E-state index in [9.17, 15) is 4.79 Å². The summed E-state index contributed by atoms with van der Waals surface area (Å²) in [5.74, 6) is -0.282. The number of aromatic nitrogens is 4. The summed E-state index contributed by atoms with van der Waals surface area (Å²) in [5.41, 5.74) is 7.06. The first-order chi connectivity index (χ1) is 9.58. The number of nitrogens with two attached hydrogens (primary N) is 1. The fourth-order valence-corrected chi connectivity index (χ4v) is 2.81. The fraction of sp³-hybridized carbons (Fsp3) is 0. The lowest BCUT2D eigenvalue weighted by molar-refractivity contribution is 0.102. The van der Waals surface area contributed by atoms with E-state index >= 15 is 0 Å². The normalized spacial score (nSPS) is 10.9. The van der Waals surface area contributed by atoms with Crippen molar-refractivity contribution < 1.29 is 4.79 Å². The van der Waals surface area contributed by atoms with Gasteiger partial charge in [-0.2, -0.15) is 13.8 Å². The summed E-state index contributed by atoms with van der Waals surface area (Å²) in [6.45, 7) is 0. The van der Waals surface area contributed by atoms with Crippen LogP contribution in [0.15, 0.2) is 12.3 Å². The Morgan fingerprint density at radius 1 is 1.30 bits per heavy atom. The Balaban J connectivity index is 2.05. The molecule has 2 heterocycles. The second-order valence-electron chi connectivity index (χ2n) is 3.83. The highest BCUT2D eigenvalue weighted by molar-refractivity contribution is 7.00. The lowest BCUT2D eigenvalue weighted by Gasteiger charge is -2.07. The van der Waals surface area contributed by atoms with E-state index in [4.69, 9.17) is 28.9 Å². The Labute approximate surface area is 126 Å². The summed E-state index contributed by atoms with van der Waals surface area (Å²) in [6, 6.07) is 1.50. The van der Waals surface area contributed by atoms with Crippen LogP contribution >= 0.6 is 34.9 Å². The molecule has 3 rings (SSSR count). The minimum atomic E-state index is -0.449. The first-order valence-corrected chi connectivity index (χ1v) is 6.77. The lowest BCUT2D eigenvalue weighted by atomic mass is 10.2. The van der Waals surface area contributed by atoms with Crippen molar-refractivity contribution in [1.29, 1.82) is 0 Å². The monoisotopic (exact) mass is 328 g/mol. The minimum absolute atomic E-state index is 0.167. The van der Waals surface area contributed by atoms with Gasteiger partial charge >= 0.3 is 0 Å². The van der Waals surface area contributed by atoms with Crippen LogP contribution in [0.2, 0.25) is 10.0 Å². The van der Waals surface area contributed by atoms with E-state index in [2.05, 4.69) is 24.3 Å². The lowest BCUT2D eigenvalue weighted by Crippen LogP contribution is -2.13.